The van der Waals surface area contributed by atoms with Gasteiger partial charge in [-0.15, -0.1) is 0 Å². The van der Waals surface area contributed by atoms with Gasteiger partial charge in [0.25, 0.3) is 5.56 Å². The highest BCUT2D eigenvalue weighted by Crippen LogP contribution is 2.23. The highest BCUT2D eigenvalue weighted by molar-refractivity contribution is 7.98. The van der Waals surface area contributed by atoms with Crippen molar-refractivity contribution in [2.75, 3.05) is 7.11 Å². The monoisotopic (exact) mass is 461 g/mol. The first-order valence-corrected chi connectivity index (χ1v) is 11.2. The van der Waals surface area contributed by atoms with Gasteiger partial charge in [0.15, 0.2) is 10.8 Å². The number of methoxy groups -OCH3 is 1. The number of benzene rings is 1. The number of rotatable bonds is 6. The quantitative estimate of drug-likeness (QED) is 0.245. The highest BCUT2D eigenvalue weighted by Gasteiger charge is 2.15. The Morgan fingerprint density at radius 1 is 1.26 bits per heavy atom. The van der Waals surface area contributed by atoms with Crippen LogP contribution in [-0.4, -0.2) is 41.2 Å². The zero-order valence-electron chi connectivity index (χ0n) is 15.9. The third kappa shape index (κ3) is 4.23. The van der Waals surface area contributed by atoms with Crippen molar-refractivity contribution >= 4 is 38.8 Å². The number of ether oxygens (including phenoxy) is 1. The third-order valence-corrected chi connectivity index (χ3v) is 6.05. The number of esters is 1. The molecule has 4 rings (SSSR count). The largest absolute Gasteiger partial charge is 0.463 e. The molecule has 0 aliphatic rings. The van der Waals surface area contributed by atoms with E-state index in [0.717, 1.165) is 0 Å². The van der Waals surface area contributed by atoms with E-state index in [1.807, 2.05) is 0 Å². The number of primary sulfonamides is 1. The minimum Gasteiger partial charge on any atom is -0.463 e. The van der Waals surface area contributed by atoms with Gasteiger partial charge >= 0.3 is 5.97 Å². The fourth-order valence-electron chi connectivity index (χ4n) is 2.74. The molecule has 0 atom stereocenters. The molecule has 0 radical (unpaired) electrons. The van der Waals surface area contributed by atoms with E-state index in [9.17, 15) is 18.0 Å². The number of nitrogens with one attached hydrogen (secondary N) is 1. The molecule has 1 aromatic carbocycles. The molecule has 31 heavy (non-hydrogen) atoms. The first-order chi connectivity index (χ1) is 14.8. The summed E-state index contributed by atoms with van der Waals surface area (Å²) in [6.45, 7) is 0. The molecule has 3 heterocycles. The van der Waals surface area contributed by atoms with Crippen LogP contribution < -0.4 is 10.7 Å². The van der Waals surface area contributed by atoms with Crippen LogP contribution >= 0.6 is 11.8 Å². The number of sulfonamides is 1. The van der Waals surface area contributed by atoms with Gasteiger partial charge in [-0.05, 0) is 36.4 Å². The maximum atomic E-state index is 12.4. The molecular formula is C18H15N5O6S2. The zero-order chi connectivity index (χ0) is 22.2. The standard InChI is InChI=1S/C18H15N5O6S2/c1-28-17(25)14-7-4-11(29-14)9-30-18-21-15-13(16(24)22-18)8-20-23(15)10-2-5-12(6-3-10)31(19,26)27/h2-8H,9H2,1H3,(H2,19,26,27)(H,21,22,24). The topological polar surface area (TPSA) is 163 Å². The van der Waals surface area contributed by atoms with Crippen molar-refractivity contribution in [3.63, 3.8) is 0 Å². The number of H-pyrrole nitrogens is 1. The van der Waals surface area contributed by atoms with E-state index in [2.05, 4.69) is 19.8 Å². The van der Waals surface area contributed by atoms with E-state index in [1.165, 1.54) is 60.1 Å². The molecule has 4 aromatic rings. The Bertz CT molecular complexity index is 1440. The van der Waals surface area contributed by atoms with Gasteiger partial charge in [0.1, 0.15) is 11.1 Å². The number of carbonyl (C=O) groups excluding carboxylic acids is 1. The van der Waals surface area contributed by atoms with E-state index in [1.54, 1.807) is 6.07 Å². The van der Waals surface area contributed by atoms with E-state index in [4.69, 9.17) is 9.56 Å². The second-order valence-electron chi connectivity index (χ2n) is 6.25. The summed E-state index contributed by atoms with van der Waals surface area (Å²) in [5, 5.41) is 9.89. The first kappa shape index (κ1) is 20.8. The van der Waals surface area contributed by atoms with Crippen LogP contribution in [0.4, 0.5) is 0 Å². The van der Waals surface area contributed by atoms with Gasteiger partial charge in [0.2, 0.25) is 15.8 Å². The minimum absolute atomic E-state index is 0.0421. The molecular weight excluding hydrogens is 446 g/mol. The summed E-state index contributed by atoms with van der Waals surface area (Å²) in [4.78, 5) is 31.0. The Morgan fingerprint density at radius 3 is 2.68 bits per heavy atom. The summed E-state index contributed by atoms with van der Waals surface area (Å²) < 4.78 is 34.3. The predicted molar refractivity (Wildman–Crippen MR) is 110 cm³/mol. The van der Waals surface area contributed by atoms with Crippen LogP contribution in [0, 0.1) is 0 Å². The summed E-state index contributed by atoms with van der Waals surface area (Å²) in [6, 6.07) is 8.85. The molecule has 11 nitrogen and oxygen atoms in total. The Balaban J connectivity index is 1.63. The molecule has 0 aliphatic heterocycles. The molecule has 3 aromatic heterocycles. The third-order valence-electron chi connectivity index (χ3n) is 4.23. The van der Waals surface area contributed by atoms with Crippen molar-refractivity contribution in [2.24, 2.45) is 5.14 Å². The average Bonchev–Trinajstić information content (AvgIpc) is 3.39. The number of nitrogens with zero attached hydrogens (tertiary/aromatic N) is 3. The van der Waals surface area contributed by atoms with Gasteiger partial charge in [-0.2, -0.15) is 5.10 Å². The number of fused-ring (bicyclic) bond motifs is 1. The second-order valence-corrected chi connectivity index (χ2v) is 8.78. The normalized spacial score (nSPS) is 11.7. The van der Waals surface area contributed by atoms with Crippen LogP contribution in [0.15, 0.2) is 61.9 Å². The fourth-order valence-corrected chi connectivity index (χ4v) is 4.00. The van der Waals surface area contributed by atoms with Gasteiger partial charge in [-0.1, -0.05) is 11.8 Å². The molecule has 0 spiro atoms. The molecule has 160 valence electrons. The van der Waals surface area contributed by atoms with Gasteiger partial charge in [0, 0.05) is 0 Å². The molecule has 0 aliphatic carbocycles. The predicted octanol–water partition coefficient (Wildman–Crippen LogP) is 1.43. The first-order valence-electron chi connectivity index (χ1n) is 8.67. The summed E-state index contributed by atoms with van der Waals surface area (Å²) in [5.41, 5.74) is 0.420. The van der Waals surface area contributed by atoms with Crippen LogP contribution in [0.3, 0.4) is 0 Å². The highest BCUT2D eigenvalue weighted by atomic mass is 32.2. The van der Waals surface area contributed by atoms with Crippen LogP contribution in [0.2, 0.25) is 0 Å². The fraction of sp³-hybridized carbons (Fsp3) is 0.111. The van der Waals surface area contributed by atoms with Crippen LogP contribution in [0.5, 0.6) is 0 Å². The lowest BCUT2D eigenvalue weighted by atomic mass is 10.3. The van der Waals surface area contributed by atoms with Gasteiger partial charge < -0.3 is 14.1 Å². The number of nitrogens with two attached hydrogens (primary N) is 1. The Hall–Kier alpha value is -3.42. The van der Waals surface area contributed by atoms with Gasteiger partial charge in [0.05, 0.1) is 29.6 Å². The number of furan rings is 1. The maximum Gasteiger partial charge on any atom is 0.373 e. The molecule has 13 heteroatoms. The number of thioether (sulfide) groups is 1. The molecule has 0 bridgehead atoms. The van der Waals surface area contributed by atoms with E-state index >= 15 is 0 Å². The maximum absolute atomic E-state index is 12.4. The number of aromatic nitrogens is 4. The van der Waals surface area contributed by atoms with Gasteiger partial charge in [-0.3, -0.25) is 4.79 Å². The number of aromatic amines is 1. The molecule has 0 amide bonds. The van der Waals surface area contributed by atoms with Crippen LogP contribution in [0.1, 0.15) is 16.3 Å². The molecule has 0 fully saturated rings. The number of carbonyl (C=O) groups is 1. The van der Waals surface area contributed by atoms with Crippen molar-refractivity contribution < 1.29 is 22.4 Å². The smallest absolute Gasteiger partial charge is 0.373 e. The lowest BCUT2D eigenvalue weighted by Crippen LogP contribution is -2.12. The summed E-state index contributed by atoms with van der Waals surface area (Å²) >= 11 is 1.20. The zero-order valence-corrected chi connectivity index (χ0v) is 17.6. The number of hydrogen-bond acceptors (Lipinski definition) is 9. The summed E-state index contributed by atoms with van der Waals surface area (Å²) in [6.07, 6.45) is 1.37. The van der Waals surface area contributed by atoms with Crippen molar-refractivity contribution in [1.29, 1.82) is 0 Å². The summed E-state index contributed by atoms with van der Waals surface area (Å²) in [7, 11) is -2.57. The van der Waals surface area contributed by atoms with Crippen LogP contribution in [0.25, 0.3) is 16.7 Å². The van der Waals surface area contributed by atoms with Crippen molar-refractivity contribution in [3.8, 4) is 5.69 Å². The van der Waals surface area contributed by atoms with E-state index < -0.39 is 16.0 Å². The lowest BCUT2D eigenvalue weighted by molar-refractivity contribution is 0.0563. The Morgan fingerprint density at radius 2 is 2.00 bits per heavy atom. The van der Waals surface area contributed by atoms with Gasteiger partial charge in [-0.25, -0.2) is 28.0 Å². The average molecular weight is 461 g/mol. The lowest BCUT2D eigenvalue weighted by Gasteiger charge is -2.05. The minimum atomic E-state index is -3.82. The second kappa shape index (κ2) is 8.02. The molecule has 0 unspecified atom stereocenters. The van der Waals surface area contributed by atoms with E-state index in [0.29, 0.717) is 28.0 Å². The molecule has 0 saturated carbocycles. The Labute approximate surface area is 179 Å². The van der Waals surface area contributed by atoms with Crippen LogP contribution in [-0.2, 0) is 20.5 Å². The van der Waals surface area contributed by atoms with Crippen molar-refractivity contribution in [1.82, 2.24) is 19.7 Å². The van der Waals surface area contributed by atoms with Crippen molar-refractivity contribution in [2.45, 2.75) is 15.8 Å². The molecule has 0 saturated heterocycles. The van der Waals surface area contributed by atoms with Crippen molar-refractivity contribution in [3.05, 3.63) is 64.5 Å². The summed E-state index contributed by atoms with van der Waals surface area (Å²) in [5.74, 6) is 0.306. The van der Waals surface area contributed by atoms with E-state index in [-0.39, 0.29) is 21.6 Å². The molecule has 3 N–H and O–H groups in total. The Kier molecular flexibility index (Phi) is 5.39. The number of hydrogen-bond donors (Lipinski definition) is 2. The SMILES string of the molecule is COC(=O)c1ccc(CSc2nc3c(cnn3-c3ccc(S(N)(=O)=O)cc3)c(=O)[nH]2)o1.